The first-order chi connectivity index (χ1) is 7.15. The molecule has 1 aromatic rings. The van der Waals surface area contributed by atoms with Crippen LogP contribution < -0.4 is 5.73 Å². The van der Waals surface area contributed by atoms with E-state index in [-0.39, 0.29) is 23.8 Å². The number of para-hydroxylation sites is 1. The minimum atomic E-state index is -0.445. The summed E-state index contributed by atoms with van der Waals surface area (Å²) in [7, 11) is 0. The van der Waals surface area contributed by atoms with Gasteiger partial charge in [0.25, 0.3) is 0 Å². The van der Waals surface area contributed by atoms with E-state index < -0.39 is 5.97 Å². The van der Waals surface area contributed by atoms with Crippen LogP contribution in [0.25, 0.3) is 6.08 Å². The second kappa shape index (κ2) is 6.74. The number of phenols is 1. The van der Waals surface area contributed by atoms with Gasteiger partial charge in [0.1, 0.15) is 5.75 Å². The minimum absolute atomic E-state index is 0. The van der Waals surface area contributed by atoms with E-state index in [4.69, 9.17) is 10.5 Å². The summed E-state index contributed by atoms with van der Waals surface area (Å²) in [6, 6.07) is 4.93. The van der Waals surface area contributed by atoms with E-state index in [1.54, 1.807) is 25.1 Å². The summed E-state index contributed by atoms with van der Waals surface area (Å²) < 4.78 is 4.70. The molecule has 0 fully saturated rings. The number of hydrogen-bond donors (Lipinski definition) is 2. The number of rotatable bonds is 3. The quantitative estimate of drug-likeness (QED) is 0.369. The third-order valence-electron chi connectivity index (χ3n) is 1.78. The van der Waals surface area contributed by atoms with Crippen molar-refractivity contribution < 1.29 is 14.6 Å². The van der Waals surface area contributed by atoms with Crippen molar-refractivity contribution in [2.45, 2.75) is 6.92 Å². The van der Waals surface area contributed by atoms with Crippen LogP contribution in [0.4, 0.5) is 5.69 Å². The Kier molecular flexibility index (Phi) is 6.03. The highest BCUT2D eigenvalue weighted by Gasteiger charge is 2.01. The summed E-state index contributed by atoms with van der Waals surface area (Å²) in [5, 5.41) is 9.51. The molecule has 1 rings (SSSR count). The maximum atomic E-state index is 11.0. The number of aromatic hydroxyl groups is 1. The molecule has 4 nitrogen and oxygen atoms in total. The molecule has 3 N–H and O–H groups in total. The Morgan fingerprint density at radius 1 is 1.56 bits per heavy atom. The van der Waals surface area contributed by atoms with Crippen molar-refractivity contribution in [2.75, 3.05) is 12.3 Å². The zero-order valence-electron chi connectivity index (χ0n) is 8.84. The van der Waals surface area contributed by atoms with Gasteiger partial charge in [0.15, 0.2) is 0 Å². The van der Waals surface area contributed by atoms with E-state index in [0.29, 0.717) is 12.2 Å². The van der Waals surface area contributed by atoms with Gasteiger partial charge in [0, 0.05) is 11.6 Å². The Bertz CT molecular complexity index is 391. The number of ether oxygens (including phenoxy) is 1. The minimum Gasteiger partial charge on any atom is -0.505 e. The molecule has 16 heavy (non-hydrogen) atoms. The van der Waals surface area contributed by atoms with Gasteiger partial charge in [-0.1, -0.05) is 12.1 Å². The number of nitrogen functional groups attached to an aromatic ring is 1. The molecule has 0 unspecified atom stereocenters. The van der Waals surface area contributed by atoms with Crippen LogP contribution in [0.1, 0.15) is 12.5 Å². The molecule has 1 aromatic carbocycles. The third kappa shape index (κ3) is 3.82. The molecule has 0 amide bonds. The summed E-state index contributed by atoms with van der Waals surface area (Å²) >= 11 is 0. The van der Waals surface area contributed by atoms with Crippen LogP contribution in [0.2, 0.25) is 0 Å². The maximum absolute atomic E-state index is 11.0. The van der Waals surface area contributed by atoms with Crippen LogP contribution in [-0.4, -0.2) is 17.7 Å². The molecule has 0 radical (unpaired) electrons. The molecule has 0 aromatic heterocycles. The van der Waals surface area contributed by atoms with Crippen LogP contribution >= 0.6 is 12.4 Å². The summed E-state index contributed by atoms with van der Waals surface area (Å²) in [4.78, 5) is 11.0. The largest absolute Gasteiger partial charge is 0.505 e. The zero-order chi connectivity index (χ0) is 11.3. The van der Waals surface area contributed by atoms with Crippen molar-refractivity contribution >= 4 is 30.1 Å². The van der Waals surface area contributed by atoms with Crippen molar-refractivity contribution in [2.24, 2.45) is 0 Å². The first-order valence-electron chi connectivity index (χ1n) is 4.57. The summed E-state index contributed by atoms with van der Waals surface area (Å²) in [6.45, 7) is 2.05. The predicted molar refractivity (Wildman–Crippen MR) is 65.4 cm³/mol. The highest BCUT2D eigenvalue weighted by molar-refractivity contribution is 5.88. The number of halogens is 1. The molecule has 0 saturated heterocycles. The Hall–Kier alpha value is -1.68. The van der Waals surface area contributed by atoms with E-state index in [2.05, 4.69) is 0 Å². The lowest BCUT2D eigenvalue weighted by molar-refractivity contribution is -0.137. The van der Waals surface area contributed by atoms with Gasteiger partial charge >= 0.3 is 5.97 Å². The lowest BCUT2D eigenvalue weighted by Crippen LogP contribution is -1.98. The number of hydrogen-bond acceptors (Lipinski definition) is 4. The van der Waals surface area contributed by atoms with Crippen LogP contribution in [0.3, 0.4) is 0 Å². The normalized spacial score (nSPS) is 9.81. The number of nitrogens with two attached hydrogens (primary N) is 1. The smallest absolute Gasteiger partial charge is 0.330 e. The Morgan fingerprint density at radius 2 is 2.25 bits per heavy atom. The highest BCUT2D eigenvalue weighted by Crippen LogP contribution is 2.25. The van der Waals surface area contributed by atoms with E-state index >= 15 is 0 Å². The predicted octanol–water partition coefficient (Wildman–Crippen LogP) is 1.97. The van der Waals surface area contributed by atoms with Gasteiger partial charge in [-0.2, -0.15) is 0 Å². The Balaban J connectivity index is 0.00000225. The van der Waals surface area contributed by atoms with E-state index in [1.165, 1.54) is 12.2 Å². The topological polar surface area (TPSA) is 72.5 Å². The molecule has 5 heteroatoms. The van der Waals surface area contributed by atoms with Crippen molar-refractivity contribution in [1.29, 1.82) is 0 Å². The first kappa shape index (κ1) is 14.3. The van der Waals surface area contributed by atoms with Crippen LogP contribution in [0.15, 0.2) is 24.3 Å². The Morgan fingerprint density at radius 3 is 2.88 bits per heavy atom. The molecule has 88 valence electrons. The van der Waals surface area contributed by atoms with Gasteiger partial charge in [-0.3, -0.25) is 0 Å². The van der Waals surface area contributed by atoms with Crippen LogP contribution in [-0.2, 0) is 9.53 Å². The molecular formula is C11H14ClNO3. The molecule has 0 heterocycles. The number of carbonyl (C=O) groups excluding carboxylic acids is 1. The van der Waals surface area contributed by atoms with Crippen LogP contribution in [0.5, 0.6) is 5.75 Å². The number of anilines is 1. The standard InChI is InChI=1S/C11H13NO3.ClH/c1-2-15-10(13)7-6-8-4-3-5-9(12)11(8)14;/h3-7,14H,2,12H2,1H3;1H. The summed E-state index contributed by atoms with van der Waals surface area (Å²) in [6.07, 6.45) is 2.71. The molecule has 0 saturated carbocycles. The van der Waals surface area contributed by atoms with Crippen LogP contribution in [0, 0.1) is 0 Å². The second-order valence-electron chi connectivity index (χ2n) is 2.87. The summed E-state index contributed by atoms with van der Waals surface area (Å²) in [5.74, 6) is -0.475. The van der Waals surface area contributed by atoms with Gasteiger partial charge in [0.2, 0.25) is 0 Å². The molecule has 0 bridgehead atoms. The van der Waals surface area contributed by atoms with Gasteiger partial charge in [-0.25, -0.2) is 4.79 Å². The van der Waals surface area contributed by atoms with Crippen molar-refractivity contribution in [1.82, 2.24) is 0 Å². The fourth-order valence-electron chi connectivity index (χ4n) is 1.06. The van der Waals surface area contributed by atoms with Crippen molar-refractivity contribution in [3.05, 3.63) is 29.8 Å². The van der Waals surface area contributed by atoms with Gasteiger partial charge in [0.05, 0.1) is 12.3 Å². The number of benzene rings is 1. The van der Waals surface area contributed by atoms with E-state index in [0.717, 1.165) is 0 Å². The number of phenolic OH excluding ortho intramolecular Hbond substituents is 1. The molecule has 0 aliphatic rings. The lowest BCUT2D eigenvalue weighted by Gasteiger charge is -2.01. The molecule has 0 aliphatic heterocycles. The fraction of sp³-hybridized carbons (Fsp3) is 0.182. The van der Waals surface area contributed by atoms with Crippen molar-refractivity contribution in [3.63, 3.8) is 0 Å². The lowest BCUT2D eigenvalue weighted by atomic mass is 10.1. The SMILES string of the molecule is CCOC(=O)C=Cc1cccc(N)c1O.Cl. The van der Waals surface area contributed by atoms with Crippen molar-refractivity contribution in [3.8, 4) is 5.75 Å². The molecule has 0 aliphatic carbocycles. The number of esters is 1. The van der Waals surface area contributed by atoms with Gasteiger partial charge in [-0.05, 0) is 19.1 Å². The number of carbonyl (C=O) groups is 1. The maximum Gasteiger partial charge on any atom is 0.330 e. The van der Waals surface area contributed by atoms with Gasteiger partial charge in [-0.15, -0.1) is 12.4 Å². The summed E-state index contributed by atoms with van der Waals surface area (Å²) in [5.41, 5.74) is 6.25. The Labute approximate surface area is 100 Å². The van der Waals surface area contributed by atoms with Gasteiger partial charge < -0.3 is 15.6 Å². The van der Waals surface area contributed by atoms with E-state index in [1.807, 2.05) is 0 Å². The molecule has 0 atom stereocenters. The monoisotopic (exact) mass is 243 g/mol. The molecular weight excluding hydrogens is 230 g/mol. The average Bonchev–Trinajstić information content (AvgIpc) is 2.21. The average molecular weight is 244 g/mol. The highest BCUT2D eigenvalue weighted by atomic mass is 35.5. The molecule has 0 spiro atoms. The zero-order valence-corrected chi connectivity index (χ0v) is 9.66. The first-order valence-corrected chi connectivity index (χ1v) is 4.57. The van der Waals surface area contributed by atoms with E-state index in [9.17, 15) is 9.90 Å². The second-order valence-corrected chi connectivity index (χ2v) is 2.87. The third-order valence-corrected chi connectivity index (χ3v) is 1.78. The fourth-order valence-corrected chi connectivity index (χ4v) is 1.06.